The van der Waals surface area contributed by atoms with Crippen molar-refractivity contribution in [3.63, 3.8) is 0 Å². The molecule has 0 amide bonds. The van der Waals surface area contributed by atoms with Gasteiger partial charge in [0.05, 0.1) is 13.2 Å². The molecule has 0 aliphatic carbocycles. The predicted molar refractivity (Wildman–Crippen MR) is 61.9 cm³/mol. The number of aromatic nitrogens is 1. The van der Waals surface area contributed by atoms with Crippen LogP contribution in [0.2, 0.25) is 0 Å². The van der Waals surface area contributed by atoms with Crippen LogP contribution in [0.3, 0.4) is 0 Å². The number of nitrogens with zero attached hydrogens (tertiary/aromatic N) is 2. The van der Waals surface area contributed by atoms with E-state index < -0.39 is 0 Å². The summed E-state index contributed by atoms with van der Waals surface area (Å²) in [7, 11) is 0. The summed E-state index contributed by atoms with van der Waals surface area (Å²) in [5, 5.41) is 0. The van der Waals surface area contributed by atoms with Crippen LogP contribution in [0, 0.1) is 0 Å². The molecule has 0 saturated carbocycles. The number of carbonyl (C=O) groups excluding carboxylic acids is 1. The number of hydrogen-bond donors (Lipinski definition) is 0. The van der Waals surface area contributed by atoms with Crippen LogP contribution in [-0.2, 0) is 4.79 Å². The maximum atomic E-state index is 11.4. The number of rotatable bonds is 3. The first-order valence-electron chi connectivity index (χ1n) is 5.66. The van der Waals surface area contributed by atoms with Gasteiger partial charge in [0.1, 0.15) is 5.82 Å². The van der Waals surface area contributed by atoms with E-state index >= 15 is 0 Å². The highest BCUT2D eigenvalue weighted by atomic mass is 16.5. The molecule has 0 N–H and O–H groups in total. The van der Waals surface area contributed by atoms with E-state index in [1.807, 2.05) is 30.0 Å². The van der Waals surface area contributed by atoms with Gasteiger partial charge < -0.3 is 9.64 Å². The molecule has 0 spiro atoms. The molecule has 16 heavy (non-hydrogen) atoms. The Morgan fingerprint density at radius 2 is 2.38 bits per heavy atom. The van der Waals surface area contributed by atoms with Gasteiger partial charge in [-0.2, -0.15) is 4.98 Å². The first-order chi connectivity index (χ1) is 7.79. The fraction of sp³-hybridized carbons (Fsp3) is 0.500. The molecular weight excluding hydrogens is 204 g/mol. The molecule has 2 rings (SSSR count). The van der Waals surface area contributed by atoms with Crippen molar-refractivity contribution in [1.29, 1.82) is 0 Å². The Kier molecular flexibility index (Phi) is 3.39. The first kappa shape index (κ1) is 10.9. The molecule has 0 radical (unpaired) electrons. The van der Waals surface area contributed by atoms with Crippen LogP contribution in [0.4, 0.5) is 5.82 Å². The van der Waals surface area contributed by atoms with Crippen molar-refractivity contribution in [3.8, 4) is 5.88 Å². The Morgan fingerprint density at radius 1 is 1.50 bits per heavy atom. The number of anilines is 1. The standard InChI is InChI=1S/C12H16N2O2/c1-2-16-12-7-3-6-11(13-12)14-8-4-5-10(15)9-14/h3,6-7H,2,4-5,8-9H2,1H3. The summed E-state index contributed by atoms with van der Waals surface area (Å²) in [6.45, 7) is 3.91. The fourth-order valence-corrected chi connectivity index (χ4v) is 1.84. The topological polar surface area (TPSA) is 42.4 Å². The maximum absolute atomic E-state index is 11.4. The van der Waals surface area contributed by atoms with Crippen LogP contribution in [0.5, 0.6) is 5.88 Å². The molecule has 1 aromatic rings. The largest absolute Gasteiger partial charge is 0.478 e. The van der Waals surface area contributed by atoms with E-state index in [4.69, 9.17) is 4.74 Å². The van der Waals surface area contributed by atoms with Gasteiger partial charge in [0.15, 0.2) is 5.78 Å². The number of carbonyl (C=O) groups is 1. The highest BCUT2D eigenvalue weighted by molar-refractivity contribution is 5.84. The minimum absolute atomic E-state index is 0.287. The molecule has 1 aliphatic rings. The summed E-state index contributed by atoms with van der Waals surface area (Å²) in [4.78, 5) is 17.7. The third-order valence-corrected chi connectivity index (χ3v) is 2.58. The van der Waals surface area contributed by atoms with Gasteiger partial charge in [0.25, 0.3) is 0 Å². The minimum atomic E-state index is 0.287. The highest BCUT2D eigenvalue weighted by Crippen LogP contribution is 2.18. The fourth-order valence-electron chi connectivity index (χ4n) is 1.84. The second-order valence-corrected chi connectivity index (χ2v) is 3.83. The Morgan fingerprint density at radius 3 is 3.12 bits per heavy atom. The van der Waals surface area contributed by atoms with E-state index in [0.29, 0.717) is 25.5 Å². The zero-order valence-corrected chi connectivity index (χ0v) is 9.48. The summed E-state index contributed by atoms with van der Waals surface area (Å²) in [6, 6.07) is 5.66. The normalized spacial score (nSPS) is 16.3. The number of hydrogen-bond acceptors (Lipinski definition) is 4. The van der Waals surface area contributed by atoms with Gasteiger partial charge in [0, 0.05) is 19.0 Å². The van der Waals surface area contributed by atoms with Crippen molar-refractivity contribution in [1.82, 2.24) is 4.98 Å². The van der Waals surface area contributed by atoms with Gasteiger partial charge in [0.2, 0.25) is 5.88 Å². The van der Waals surface area contributed by atoms with E-state index in [9.17, 15) is 4.79 Å². The lowest BCUT2D eigenvalue weighted by Gasteiger charge is -2.26. The molecule has 4 heteroatoms. The summed E-state index contributed by atoms with van der Waals surface area (Å²) >= 11 is 0. The van der Waals surface area contributed by atoms with Crippen LogP contribution < -0.4 is 9.64 Å². The van der Waals surface area contributed by atoms with Crippen molar-refractivity contribution in [2.24, 2.45) is 0 Å². The lowest BCUT2D eigenvalue weighted by atomic mass is 10.1. The quantitative estimate of drug-likeness (QED) is 0.776. The third-order valence-electron chi connectivity index (χ3n) is 2.58. The molecule has 4 nitrogen and oxygen atoms in total. The van der Waals surface area contributed by atoms with E-state index in [1.165, 1.54) is 0 Å². The maximum Gasteiger partial charge on any atom is 0.215 e. The van der Waals surface area contributed by atoms with Crippen molar-refractivity contribution < 1.29 is 9.53 Å². The molecule has 86 valence electrons. The number of ether oxygens (including phenoxy) is 1. The van der Waals surface area contributed by atoms with Crippen LogP contribution >= 0.6 is 0 Å². The minimum Gasteiger partial charge on any atom is -0.478 e. The summed E-state index contributed by atoms with van der Waals surface area (Å²) in [5.41, 5.74) is 0. The number of ketones is 1. The van der Waals surface area contributed by atoms with E-state index in [1.54, 1.807) is 0 Å². The van der Waals surface area contributed by atoms with Gasteiger partial charge in [-0.1, -0.05) is 6.07 Å². The molecular formula is C12H16N2O2. The van der Waals surface area contributed by atoms with Crippen molar-refractivity contribution in [2.45, 2.75) is 19.8 Å². The Balaban J connectivity index is 2.12. The van der Waals surface area contributed by atoms with E-state index in [-0.39, 0.29) is 5.78 Å². The molecule has 0 aromatic carbocycles. The molecule has 2 heterocycles. The number of pyridine rings is 1. The van der Waals surface area contributed by atoms with Crippen LogP contribution in [0.1, 0.15) is 19.8 Å². The summed E-state index contributed by atoms with van der Waals surface area (Å²) in [5.74, 6) is 1.74. The Hall–Kier alpha value is -1.58. The SMILES string of the molecule is CCOc1cccc(N2CCCC(=O)C2)n1. The molecule has 1 aromatic heterocycles. The summed E-state index contributed by atoms with van der Waals surface area (Å²) < 4.78 is 5.34. The van der Waals surface area contributed by atoms with Crippen LogP contribution in [0.25, 0.3) is 0 Å². The predicted octanol–water partition coefficient (Wildman–Crippen LogP) is 1.65. The van der Waals surface area contributed by atoms with E-state index in [2.05, 4.69) is 4.98 Å². The zero-order chi connectivity index (χ0) is 11.4. The lowest BCUT2D eigenvalue weighted by Crippen LogP contribution is -2.36. The zero-order valence-electron chi connectivity index (χ0n) is 9.48. The Bertz CT molecular complexity index is 379. The van der Waals surface area contributed by atoms with Crippen LogP contribution in [-0.4, -0.2) is 30.5 Å². The summed E-state index contributed by atoms with van der Waals surface area (Å²) in [6.07, 6.45) is 1.61. The van der Waals surface area contributed by atoms with Gasteiger partial charge >= 0.3 is 0 Å². The second kappa shape index (κ2) is 4.96. The lowest BCUT2D eigenvalue weighted by molar-refractivity contribution is -0.118. The molecule has 1 aliphatic heterocycles. The smallest absolute Gasteiger partial charge is 0.215 e. The molecule has 1 saturated heterocycles. The van der Waals surface area contributed by atoms with Gasteiger partial charge in [-0.05, 0) is 19.4 Å². The van der Waals surface area contributed by atoms with Gasteiger partial charge in [-0.15, -0.1) is 0 Å². The first-order valence-corrected chi connectivity index (χ1v) is 5.66. The van der Waals surface area contributed by atoms with Gasteiger partial charge in [-0.3, -0.25) is 4.79 Å². The molecule has 0 atom stereocenters. The Labute approximate surface area is 95.2 Å². The highest BCUT2D eigenvalue weighted by Gasteiger charge is 2.18. The van der Waals surface area contributed by atoms with Crippen molar-refractivity contribution in [2.75, 3.05) is 24.6 Å². The van der Waals surface area contributed by atoms with Crippen LogP contribution in [0.15, 0.2) is 18.2 Å². The van der Waals surface area contributed by atoms with E-state index in [0.717, 1.165) is 18.8 Å². The average molecular weight is 220 g/mol. The molecule has 0 bridgehead atoms. The monoisotopic (exact) mass is 220 g/mol. The van der Waals surface area contributed by atoms with Crippen molar-refractivity contribution >= 4 is 11.6 Å². The van der Waals surface area contributed by atoms with Gasteiger partial charge in [-0.25, -0.2) is 0 Å². The average Bonchev–Trinajstić information content (AvgIpc) is 2.30. The number of piperidine rings is 1. The second-order valence-electron chi connectivity index (χ2n) is 3.83. The third kappa shape index (κ3) is 2.51. The molecule has 1 fully saturated rings. The van der Waals surface area contributed by atoms with Crippen molar-refractivity contribution in [3.05, 3.63) is 18.2 Å². The molecule has 0 unspecified atom stereocenters. The number of Topliss-reactive ketones (excluding diaryl/α,β-unsaturated/α-hetero) is 1.